The maximum atomic E-state index is 12.4. The molecule has 0 aliphatic carbocycles. The van der Waals surface area contributed by atoms with Gasteiger partial charge in [-0.3, -0.25) is 4.98 Å². The van der Waals surface area contributed by atoms with E-state index in [0.717, 1.165) is 6.20 Å². The van der Waals surface area contributed by atoms with Crippen molar-refractivity contribution in [2.45, 2.75) is 19.6 Å². The molecule has 0 aromatic carbocycles. The fourth-order valence-electron chi connectivity index (χ4n) is 1.09. The minimum Gasteiger partial charge on any atom is -0.390 e. The molecule has 0 atom stereocenters. The van der Waals surface area contributed by atoms with Gasteiger partial charge in [-0.1, -0.05) is 11.6 Å². The molecule has 1 heterocycles. The maximum Gasteiger partial charge on any atom is 0.265 e. The van der Waals surface area contributed by atoms with Gasteiger partial charge in [0.2, 0.25) is 0 Å². The molecular formula is C8H9ClF2N2O. The molecule has 0 amide bonds. The first-order chi connectivity index (χ1) is 6.61. The topological polar surface area (TPSA) is 59.1 Å². The van der Waals surface area contributed by atoms with E-state index in [4.69, 9.17) is 22.4 Å². The van der Waals surface area contributed by atoms with Crippen LogP contribution in [-0.4, -0.2) is 10.1 Å². The average Bonchev–Trinajstić information content (AvgIpc) is 2.17. The van der Waals surface area contributed by atoms with Crippen LogP contribution in [0.3, 0.4) is 0 Å². The third-order valence-electron chi connectivity index (χ3n) is 1.82. The molecule has 0 spiro atoms. The molecule has 78 valence electrons. The van der Waals surface area contributed by atoms with E-state index < -0.39 is 13.0 Å². The Morgan fingerprint density at radius 3 is 2.64 bits per heavy atom. The molecule has 0 unspecified atom stereocenters. The van der Waals surface area contributed by atoms with Crippen LogP contribution in [0.25, 0.3) is 0 Å². The number of aromatic nitrogens is 1. The van der Waals surface area contributed by atoms with Gasteiger partial charge in [0.15, 0.2) is 0 Å². The zero-order chi connectivity index (χ0) is 10.7. The Morgan fingerprint density at radius 2 is 2.21 bits per heavy atom. The molecule has 0 aliphatic heterocycles. The number of aliphatic hydroxyl groups excluding tert-OH is 1. The number of halogens is 3. The molecule has 6 heteroatoms. The van der Waals surface area contributed by atoms with Crippen LogP contribution in [0.2, 0.25) is 5.02 Å². The third-order valence-corrected chi connectivity index (χ3v) is 2.26. The van der Waals surface area contributed by atoms with E-state index in [9.17, 15) is 8.78 Å². The minimum atomic E-state index is -2.66. The molecule has 0 radical (unpaired) electrons. The van der Waals surface area contributed by atoms with Crippen molar-refractivity contribution < 1.29 is 13.9 Å². The molecule has 1 rings (SSSR count). The molecule has 3 N–H and O–H groups in total. The van der Waals surface area contributed by atoms with Gasteiger partial charge in [-0.25, -0.2) is 8.78 Å². The van der Waals surface area contributed by atoms with E-state index >= 15 is 0 Å². The summed E-state index contributed by atoms with van der Waals surface area (Å²) in [5.41, 5.74) is 5.31. The van der Waals surface area contributed by atoms with Gasteiger partial charge in [0, 0.05) is 18.3 Å². The first kappa shape index (κ1) is 11.3. The molecule has 0 bridgehead atoms. The number of hydrogen-bond acceptors (Lipinski definition) is 3. The zero-order valence-corrected chi connectivity index (χ0v) is 7.93. The molecule has 1 aromatic heterocycles. The van der Waals surface area contributed by atoms with Gasteiger partial charge in [0.25, 0.3) is 6.43 Å². The molecule has 0 saturated carbocycles. The van der Waals surface area contributed by atoms with Crippen molar-refractivity contribution in [1.82, 2.24) is 4.98 Å². The molecule has 3 nitrogen and oxygen atoms in total. The Kier molecular flexibility index (Phi) is 3.74. The standard InChI is InChI=1S/C8H9ClF2N2O/c9-7-4(1-12)5(8(10)11)2-13-6(7)3-14/h2,8,14H,1,3,12H2. The second kappa shape index (κ2) is 4.63. The highest BCUT2D eigenvalue weighted by atomic mass is 35.5. The van der Waals surface area contributed by atoms with E-state index in [1.807, 2.05) is 0 Å². The van der Waals surface area contributed by atoms with E-state index in [-0.39, 0.29) is 28.4 Å². The second-order valence-electron chi connectivity index (χ2n) is 2.62. The van der Waals surface area contributed by atoms with Gasteiger partial charge in [0.1, 0.15) is 0 Å². The summed E-state index contributed by atoms with van der Waals surface area (Å²) in [7, 11) is 0. The van der Waals surface area contributed by atoms with Gasteiger partial charge in [-0.15, -0.1) is 0 Å². The molecule has 0 fully saturated rings. The Hall–Kier alpha value is -0.780. The molecule has 0 aliphatic rings. The number of aliphatic hydroxyl groups is 1. The predicted molar refractivity (Wildman–Crippen MR) is 48.0 cm³/mol. The van der Waals surface area contributed by atoms with Gasteiger partial charge in [-0.05, 0) is 5.56 Å². The number of hydrogen-bond donors (Lipinski definition) is 2. The largest absolute Gasteiger partial charge is 0.390 e. The van der Waals surface area contributed by atoms with Gasteiger partial charge < -0.3 is 10.8 Å². The summed E-state index contributed by atoms with van der Waals surface area (Å²) in [5, 5.41) is 8.81. The number of nitrogens with zero attached hydrogens (tertiary/aromatic N) is 1. The lowest BCUT2D eigenvalue weighted by atomic mass is 10.1. The van der Waals surface area contributed by atoms with Gasteiger partial charge in [-0.2, -0.15) is 0 Å². The van der Waals surface area contributed by atoms with Crippen LogP contribution < -0.4 is 5.73 Å². The van der Waals surface area contributed by atoms with E-state index in [0.29, 0.717) is 0 Å². The normalized spacial score (nSPS) is 11.0. The van der Waals surface area contributed by atoms with Crippen molar-refractivity contribution in [3.05, 3.63) is 28.0 Å². The summed E-state index contributed by atoms with van der Waals surface area (Å²) in [6.45, 7) is -0.497. The summed E-state index contributed by atoms with van der Waals surface area (Å²) in [6.07, 6.45) is -1.67. The van der Waals surface area contributed by atoms with Crippen molar-refractivity contribution in [3.63, 3.8) is 0 Å². The summed E-state index contributed by atoms with van der Waals surface area (Å²) in [6, 6.07) is 0. The molecule has 0 saturated heterocycles. The number of nitrogens with two attached hydrogens (primary N) is 1. The third kappa shape index (κ3) is 2.00. The molecule has 1 aromatic rings. The SMILES string of the molecule is NCc1c(C(F)F)cnc(CO)c1Cl. The highest BCUT2D eigenvalue weighted by Gasteiger charge is 2.17. The Morgan fingerprint density at radius 1 is 1.57 bits per heavy atom. The number of alkyl halides is 2. The highest BCUT2D eigenvalue weighted by molar-refractivity contribution is 6.32. The Balaban J connectivity index is 3.28. The smallest absolute Gasteiger partial charge is 0.265 e. The fraction of sp³-hybridized carbons (Fsp3) is 0.375. The monoisotopic (exact) mass is 222 g/mol. The quantitative estimate of drug-likeness (QED) is 0.817. The lowest BCUT2D eigenvalue weighted by Crippen LogP contribution is -2.06. The average molecular weight is 223 g/mol. The van der Waals surface area contributed by atoms with Crippen LogP contribution in [0.15, 0.2) is 6.20 Å². The summed E-state index contributed by atoms with van der Waals surface area (Å²) >= 11 is 5.72. The zero-order valence-electron chi connectivity index (χ0n) is 7.17. The van der Waals surface area contributed by atoms with Gasteiger partial charge >= 0.3 is 0 Å². The summed E-state index contributed by atoms with van der Waals surface area (Å²) in [5.74, 6) is 0. The van der Waals surface area contributed by atoms with Crippen LogP contribution in [0.4, 0.5) is 8.78 Å². The van der Waals surface area contributed by atoms with Crippen molar-refractivity contribution >= 4 is 11.6 Å². The lowest BCUT2D eigenvalue weighted by Gasteiger charge is -2.10. The predicted octanol–water partition coefficient (Wildman–Crippen LogP) is 1.62. The maximum absolute atomic E-state index is 12.4. The van der Waals surface area contributed by atoms with Crippen LogP contribution in [0, 0.1) is 0 Å². The van der Waals surface area contributed by atoms with Crippen molar-refractivity contribution in [3.8, 4) is 0 Å². The first-order valence-corrected chi connectivity index (χ1v) is 4.24. The summed E-state index contributed by atoms with van der Waals surface area (Å²) in [4.78, 5) is 3.61. The minimum absolute atomic E-state index is 0.0211. The highest BCUT2D eigenvalue weighted by Crippen LogP contribution is 2.29. The Labute approximate surface area is 84.5 Å². The Bertz CT molecular complexity index is 333. The van der Waals surface area contributed by atoms with Crippen LogP contribution in [0.5, 0.6) is 0 Å². The van der Waals surface area contributed by atoms with Crippen LogP contribution in [-0.2, 0) is 13.2 Å². The van der Waals surface area contributed by atoms with Gasteiger partial charge in [0.05, 0.1) is 17.3 Å². The molecule has 14 heavy (non-hydrogen) atoms. The van der Waals surface area contributed by atoms with Crippen LogP contribution in [0.1, 0.15) is 23.2 Å². The van der Waals surface area contributed by atoms with Crippen molar-refractivity contribution in [2.75, 3.05) is 0 Å². The van der Waals surface area contributed by atoms with Crippen molar-refractivity contribution in [1.29, 1.82) is 0 Å². The van der Waals surface area contributed by atoms with Crippen LogP contribution >= 0.6 is 11.6 Å². The van der Waals surface area contributed by atoms with E-state index in [1.54, 1.807) is 0 Å². The van der Waals surface area contributed by atoms with Crippen molar-refractivity contribution in [2.24, 2.45) is 5.73 Å². The number of pyridine rings is 1. The first-order valence-electron chi connectivity index (χ1n) is 3.87. The fourth-order valence-corrected chi connectivity index (χ4v) is 1.38. The second-order valence-corrected chi connectivity index (χ2v) is 2.99. The van der Waals surface area contributed by atoms with E-state index in [1.165, 1.54) is 0 Å². The molecular weight excluding hydrogens is 214 g/mol. The van der Waals surface area contributed by atoms with E-state index in [2.05, 4.69) is 4.98 Å². The number of rotatable bonds is 3. The summed E-state index contributed by atoms with van der Waals surface area (Å²) < 4.78 is 24.8. The lowest BCUT2D eigenvalue weighted by molar-refractivity contribution is 0.149.